The quantitative estimate of drug-likeness (QED) is 0.279. The van der Waals surface area contributed by atoms with E-state index in [1.54, 1.807) is 0 Å². The Morgan fingerprint density at radius 3 is 1.97 bits per heavy atom. The van der Waals surface area contributed by atoms with Gasteiger partial charge in [0.05, 0.1) is 17.1 Å². The standard InChI is InChI=1S/C32H34ClN3/c33-28-15-11-27(12-16-28)32-23-31(34-36(32)30-9-5-2-6-10-30)26-19-21-35(22-20-26)29-17-13-25(14-18-29)24-7-3-1-4-8-24/h1-12,15-16,23,25-26,29H,13-14,17-22H2. The summed E-state index contributed by atoms with van der Waals surface area (Å²) in [4.78, 5) is 2.77. The van der Waals surface area contributed by atoms with Crippen molar-refractivity contribution in [3.63, 3.8) is 0 Å². The van der Waals surface area contributed by atoms with Gasteiger partial charge in [0.2, 0.25) is 0 Å². The lowest BCUT2D eigenvalue weighted by molar-refractivity contribution is 0.116. The maximum atomic E-state index is 6.17. The number of hydrogen-bond donors (Lipinski definition) is 0. The molecular formula is C32H34ClN3. The van der Waals surface area contributed by atoms with Crippen LogP contribution in [0.25, 0.3) is 16.9 Å². The molecule has 0 unspecified atom stereocenters. The van der Waals surface area contributed by atoms with E-state index >= 15 is 0 Å². The number of benzene rings is 3. The zero-order chi connectivity index (χ0) is 24.3. The van der Waals surface area contributed by atoms with Gasteiger partial charge in [-0.3, -0.25) is 0 Å². The monoisotopic (exact) mass is 495 g/mol. The molecule has 1 aromatic heterocycles. The zero-order valence-electron chi connectivity index (χ0n) is 20.8. The van der Waals surface area contributed by atoms with Crippen LogP contribution in [0.1, 0.15) is 61.6 Å². The second-order valence-corrected chi connectivity index (χ2v) is 10.9. The largest absolute Gasteiger partial charge is 0.300 e. The third-order valence-electron chi connectivity index (χ3n) is 8.30. The Balaban J connectivity index is 1.14. The third kappa shape index (κ3) is 5.00. The van der Waals surface area contributed by atoms with E-state index in [0.717, 1.165) is 33.9 Å². The van der Waals surface area contributed by atoms with Crippen molar-refractivity contribution >= 4 is 11.6 Å². The molecule has 0 atom stereocenters. The molecule has 0 radical (unpaired) electrons. The van der Waals surface area contributed by atoms with Crippen molar-refractivity contribution in [3.05, 3.63) is 107 Å². The molecule has 4 heteroatoms. The van der Waals surface area contributed by atoms with Gasteiger partial charge in [0.15, 0.2) is 0 Å². The molecule has 4 aromatic rings. The fraction of sp³-hybridized carbons (Fsp3) is 0.344. The Morgan fingerprint density at radius 2 is 1.31 bits per heavy atom. The van der Waals surface area contributed by atoms with Gasteiger partial charge in [-0.1, -0.05) is 72.3 Å². The summed E-state index contributed by atoms with van der Waals surface area (Å²) in [7, 11) is 0. The summed E-state index contributed by atoms with van der Waals surface area (Å²) in [5.41, 5.74) is 6.13. The van der Waals surface area contributed by atoms with E-state index in [4.69, 9.17) is 16.7 Å². The number of aromatic nitrogens is 2. The highest BCUT2D eigenvalue weighted by molar-refractivity contribution is 6.30. The molecule has 2 fully saturated rings. The molecule has 184 valence electrons. The van der Waals surface area contributed by atoms with E-state index in [2.05, 4.69) is 88.4 Å². The molecular weight excluding hydrogens is 462 g/mol. The number of hydrogen-bond acceptors (Lipinski definition) is 2. The molecule has 36 heavy (non-hydrogen) atoms. The highest BCUT2D eigenvalue weighted by atomic mass is 35.5. The van der Waals surface area contributed by atoms with Gasteiger partial charge in [-0.25, -0.2) is 4.68 Å². The van der Waals surface area contributed by atoms with Crippen LogP contribution >= 0.6 is 11.6 Å². The Hall–Kier alpha value is -2.88. The summed E-state index contributed by atoms with van der Waals surface area (Å²) < 4.78 is 2.11. The van der Waals surface area contributed by atoms with Gasteiger partial charge in [-0.05, 0) is 93.4 Å². The predicted molar refractivity (Wildman–Crippen MR) is 149 cm³/mol. The molecule has 6 rings (SSSR count). The highest BCUT2D eigenvalue weighted by Gasteiger charge is 2.31. The summed E-state index contributed by atoms with van der Waals surface area (Å²) in [6.45, 7) is 2.36. The minimum atomic E-state index is 0.512. The van der Waals surface area contributed by atoms with Crippen molar-refractivity contribution in [2.75, 3.05) is 13.1 Å². The van der Waals surface area contributed by atoms with Crippen molar-refractivity contribution in [1.29, 1.82) is 0 Å². The first-order valence-electron chi connectivity index (χ1n) is 13.4. The number of rotatable bonds is 5. The highest BCUT2D eigenvalue weighted by Crippen LogP contribution is 2.38. The number of nitrogens with zero attached hydrogens (tertiary/aromatic N) is 3. The lowest BCUT2D eigenvalue weighted by atomic mass is 9.80. The summed E-state index contributed by atoms with van der Waals surface area (Å²) in [6.07, 6.45) is 7.66. The van der Waals surface area contributed by atoms with Gasteiger partial charge < -0.3 is 4.90 Å². The average molecular weight is 496 g/mol. The fourth-order valence-corrected chi connectivity index (χ4v) is 6.38. The molecule has 1 saturated carbocycles. The maximum Gasteiger partial charge on any atom is 0.0743 e. The Bertz CT molecular complexity index is 1250. The molecule has 2 aliphatic rings. The van der Waals surface area contributed by atoms with Crippen LogP contribution in [0, 0.1) is 0 Å². The summed E-state index contributed by atoms with van der Waals surface area (Å²) in [5, 5.41) is 5.91. The van der Waals surface area contributed by atoms with Gasteiger partial charge >= 0.3 is 0 Å². The molecule has 0 bridgehead atoms. The van der Waals surface area contributed by atoms with Crippen molar-refractivity contribution in [2.24, 2.45) is 0 Å². The van der Waals surface area contributed by atoms with E-state index in [1.807, 2.05) is 12.1 Å². The lowest BCUT2D eigenvalue weighted by Gasteiger charge is -2.40. The SMILES string of the molecule is Clc1ccc(-c2cc(C3CCN(C4CCC(c5ccccc5)CC4)CC3)nn2-c2ccccc2)cc1. The van der Waals surface area contributed by atoms with Crippen LogP contribution in [0.4, 0.5) is 0 Å². The third-order valence-corrected chi connectivity index (χ3v) is 8.55. The molecule has 0 N–H and O–H groups in total. The van der Waals surface area contributed by atoms with Crippen LogP contribution in [0.3, 0.4) is 0 Å². The number of piperidine rings is 1. The van der Waals surface area contributed by atoms with Crippen molar-refractivity contribution in [2.45, 2.75) is 56.4 Å². The first kappa shape index (κ1) is 23.5. The minimum absolute atomic E-state index is 0.512. The topological polar surface area (TPSA) is 21.1 Å². The van der Waals surface area contributed by atoms with E-state index < -0.39 is 0 Å². The van der Waals surface area contributed by atoms with Crippen LogP contribution < -0.4 is 0 Å². The first-order valence-corrected chi connectivity index (χ1v) is 13.8. The second-order valence-electron chi connectivity index (χ2n) is 10.4. The van der Waals surface area contributed by atoms with Crippen molar-refractivity contribution in [1.82, 2.24) is 14.7 Å². The summed E-state index contributed by atoms with van der Waals surface area (Å²) in [6, 6.07) is 32.7. The number of likely N-dealkylation sites (tertiary alicyclic amines) is 1. The van der Waals surface area contributed by atoms with E-state index in [9.17, 15) is 0 Å². The molecule has 0 amide bonds. The number of halogens is 1. The predicted octanol–water partition coefficient (Wildman–Crippen LogP) is 8.10. The normalized spacial score (nSPS) is 21.5. The second kappa shape index (κ2) is 10.6. The van der Waals surface area contributed by atoms with Gasteiger partial charge in [0.25, 0.3) is 0 Å². The molecule has 1 aliphatic carbocycles. The molecule has 2 heterocycles. The molecule has 3 aromatic carbocycles. The molecule has 1 saturated heterocycles. The van der Waals surface area contributed by atoms with Gasteiger partial charge in [-0.2, -0.15) is 5.10 Å². The van der Waals surface area contributed by atoms with Crippen molar-refractivity contribution < 1.29 is 0 Å². The maximum absolute atomic E-state index is 6.17. The minimum Gasteiger partial charge on any atom is -0.300 e. The smallest absolute Gasteiger partial charge is 0.0743 e. The van der Waals surface area contributed by atoms with Crippen LogP contribution in [0.15, 0.2) is 91.0 Å². The van der Waals surface area contributed by atoms with Crippen LogP contribution in [-0.4, -0.2) is 33.8 Å². The average Bonchev–Trinajstić information content (AvgIpc) is 3.40. The number of para-hydroxylation sites is 1. The van der Waals surface area contributed by atoms with E-state index in [1.165, 1.54) is 62.9 Å². The zero-order valence-corrected chi connectivity index (χ0v) is 21.5. The Labute approximate surface area is 219 Å². The summed E-state index contributed by atoms with van der Waals surface area (Å²) in [5.74, 6) is 1.26. The van der Waals surface area contributed by atoms with Crippen LogP contribution in [0.2, 0.25) is 5.02 Å². The van der Waals surface area contributed by atoms with Crippen LogP contribution in [-0.2, 0) is 0 Å². The van der Waals surface area contributed by atoms with Gasteiger partial charge in [0.1, 0.15) is 0 Å². The van der Waals surface area contributed by atoms with Crippen molar-refractivity contribution in [3.8, 4) is 16.9 Å². The molecule has 1 aliphatic heterocycles. The Kier molecular flexibility index (Phi) is 6.94. The van der Waals surface area contributed by atoms with Crippen LogP contribution in [0.5, 0.6) is 0 Å². The van der Waals surface area contributed by atoms with Gasteiger partial charge in [-0.15, -0.1) is 0 Å². The Morgan fingerprint density at radius 1 is 0.667 bits per heavy atom. The van der Waals surface area contributed by atoms with Gasteiger partial charge in [0, 0.05) is 22.5 Å². The lowest BCUT2D eigenvalue weighted by Crippen LogP contribution is -2.42. The molecule has 0 spiro atoms. The molecule has 3 nitrogen and oxygen atoms in total. The van der Waals surface area contributed by atoms with E-state index in [-0.39, 0.29) is 0 Å². The summed E-state index contributed by atoms with van der Waals surface area (Å²) >= 11 is 6.17. The first-order chi connectivity index (χ1) is 17.7. The fourth-order valence-electron chi connectivity index (χ4n) is 6.25. The van der Waals surface area contributed by atoms with E-state index in [0.29, 0.717) is 5.92 Å².